The van der Waals surface area contributed by atoms with E-state index in [4.69, 9.17) is 68.5 Å². The molecule has 0 aliphatic carbocycles. The van der Waals surface area contributed by atoms with Crippen LogP contribution in [0.5, 0.6) is 0 Å². The average Bonchev–Trinajstić information content (AvgIpc) is 2.29. The van der Waals surface area contributed by atoms with E-state index in [-0.39, 0.29) is 10.9 Å². The number of halogens is 5. The van der Waals surface area contributed by atoms with Crippen LogP contribution in [0.25, 0.3) is 0 Å². The standard InChI is InChI=1S/C10H6Cl5N3O2/c11-4-1-2-6(5(12)3-4)17-9(10(13,14)15)18-7(16)8(19)20/h1-3H,(H,19,20)(H2,16,17,18)/p+2. The van der Waals surface area contributed by atoms with Crippen LogP contribution in [0, 0.1) is 5.41 Å². The maximum atomic E-state index is 10.7. The van der Waals surface area contributed by atoms with E-state index in [0.717, 1.165) is 0 Å². The van der Waals surface area contributed by atoms with E-state index in [1.165, 1.54) is 11.4 Å². The van der Waals surface area contributed by atoms with Crippen LogP contribution in [-0.2, 0) is 4.79 Å². The second-order valence-corrected chi connectivity index (χ2v) is 6.61. The zero-order valence-electron chi connectivity index (χ0n) is 9.55. The zero-order chi connectivity index (χ0) is 15.5. The van der Waals surface area contributed by atoms with E-state index < -0.39 is 15.6 Å². The summed E-state index contributed by atoms with van der Waals surface area (Å²) in [5.74, 6) is -2.36. The van der Waals surface area contributed by atoms with Gasteiger partial charge in [-0.25, -0.2) is 0 Å². The van der Waals surface area contributed by atoms with Crippen LogP contribution in [-0.4, -0.2) is 26.5 Å². The minimum atomic E-state index is -1.98. The van der Waals surface area contributed by atoms with Gasteiger partial charge in [-0.05, 0) is 12.1 Å². The Morgan fingerprint density at radius 1 is 1.30 bits per heavy atom. The van der Waals surface area contributed by atoms with Gasteiger partial charge >= 0.3 is 11.8 Å². The maximum absolute atomic E-state index is 10.7. The molecule has 0 spiro atoms. The third-order valence-electron chi connectivity index (χ3n) is 1.99. The fraction of sp³-hybridized carbons (Fsp3) is 0.100. The molecule has 5 N–H and O–H groups in total. The molecule has 1 aromatic rings. The predicted octanol–water partition coefficient (Wildman–Crippen LogP) is 2.19. The summed E-state index contributed by atoms with van der Waals surface area (Å²) in [6, 6.07) is 4.60. The summed E-state index contributed by atoms with van der Waals surface area (Å²) in [5.41, 5.74) is 0.436. The Kier molecular flexibility index (Phi) is 6.06. The minimum absolute atomic E-state index is 0.211. The predicted molar refractivity (Wildman–Crippen MR) is 82.1 cm³/mol. The topological polar surface area (TPSA) is 92.8 Å². The number of nitrogens with zero attached hydrogens (tertiary/aromatic N) is 1. The number of nitrogens with one attached hydrogen (secondary N) is 1. The largest absolute Gasteiger partial charge is 0.586 e. The number of nitrogens with two attached hydrogens (primary N) is 1. The van der Waals surface area contributed by atoms with Crippen molar-refractivity contribution in [2.24, 2.45) is 4.99 Å². The van der Waals surface area contributed by atoms with Crippen molar-refractivity contribution < 1.29 is 15.2 Å². The van der Waals surface area contributed by atoms with Gasteiger partial charge in [0.2, 0.25) is 0 Å². The van der Waals surface area contributed by atoms with Crippen molar-refractivity contribution in [2.45, 2.75) is 3.79 Å². The number of benzene rings is 1. The van der Waals surface area contributed by atoms with Gasteiger partial charge in [-0.1, -0.05) is 58.0 Å². The van der Waals surface area contributed by atoms with Crippen LogP contribution in [0.1, 0.15) is 0 Å². The van der Waals surface area contributed by atoms with Gasteiger partial charge in [0, 0.05) is 11.1 Å². The van der Waals surface area contributed by atoms with Crippen molar-refractivity contribution in [3.05, 3.63) is 28.2 Å². The summed E-state index contributed by atoms with van der Waals surface area (Å²) >= 11 is 28.9. The number of quaternary nitrogens is 1. The second-order valence-electron chi connectivity index (χ2n) is 3.48. The summed E-state index contributed by atoms with van der Waals surface area (Å²) < 4.78 is -1.98. The first-order chi connectivity index (χ1) is 9.11. The molecule has 0 unspecified atom stereocenters. The number of hydrogen-bond acceptors (Lipinski definition) is 2. The smallest absolute Gasteiger partial charge is 0.558 e. The van der Waals surface area contributed by atoms with Crippen molar-refractivity contribution in [3.8, 4) is 0 Å². The lowest BCUT2D eigenvalue weighted by Crippen LogP contribution is -2.85. The monoisotopic (exact) mass is 377 g/mol. The molecule has 0 amide bonds. The van der Waals surface area contributed by atoms with Gasteiger partial charge < -0.3 is 5.11 Å². The average molecular weight is 379 g/mol. The van der Waals surface area contributed by atoms with Gasteiger partial charge in [-0.15, -0.1) is 0 Å². The van der Waals surface area contributed by atoms with Crippen LogP contribution < -0.4 is 5.32 Å². The van der Waals surface area contributed by atoms with Crippen molar-refractivity contribution >= 4 is 81.3 Å². The van der Waals surface area contributed by atoms with Gasteiger partial charge in [0.15, 0.2) is 5.69 Å². The molecule has 5 nitrogen and oxygen atoms in total. The van der Waals surface area contributed by atoms with E-state index in [9.17, 15) is 4.79 Å². The Morgan fingerprint density at radius 3 is 2.35 bits per heavy atom. The number of aliphatic imine (C=N–C) groups is 1. The number of carbonyl (C=O) groups is 1. The highest BCUT2D eigenvalue weighted by molar-refractivity contribution is 6.76. The van der Waals surface area contributed by atoms with Gasteiger partial charge in [0.05, 0.1) is 4.79 Å². The second kappa shape index (κ2) is 6.93. The molecule has 0 radical (unpaired) electrons. The molecule has 20 heavy (non-hydrogen) atoms. The van der Waals surface area contributed by atoms with Gasteiger partial charge in [0.1, 0.15) is 5.02 Å². The normalized spacial score (nSPS) is 12.3. The highest BCUT2D eigenvalue weighted by Crippen LogP contribution is 2.27. The third kappa shape index (κ3) is 5.09. The first-order valence-electron chi connectivity index (χ1n) is 4.91. The molecular weight excluding hydrogens is 371 g/mol. The molecule has 1 rings (SSSR count). The molecule has 1 aromatic carbocycles. The van der Waals surface area contributed by atoms with Crippen molar-refractivity contribution in [1.82, 2.24) is 0 Å². The number of hydrogen-bond donors (Lipinski definition) is 2. The highest BCUT2D eigenvalue weighted by Gasteiger charge is 2.35. The van der Waals surface area contributed by atoms with Crippen molar-refractivity contribution in [1.29, 1.82) is 5.41 Å². The van der Waals surface area contributed by atoms with E-state index >= 15 is 0 Å². The summed E-state index contributed by atoms with van der Waals surface area (Å²) in [6.07, 6.45) is 0. The summed E-state index contributed by atoms with van der Waals surface area (Å²) in [4.78, 5) is 14.2. The van der Waals surface area contributed by atoms with Gasteiger partial charge in [-0.3, -0.25) is 10.7 Å². The third-order valence-corrected chi connectivity index (χ3v) is 3.14. The Balaban J connectivity index is 3.14. The summed E-state index contributed by atoms with van der Waals surface area (Å²) in [7, 11) is 0. The van der Waals surface area contributed by atoms with Crippen molar-refractivity contribution in [2.75, 3.05) is 0 Å². The molecule has 0 aromatic heterocycles. The van der Waals surface area contributed by atoms with Gasteiger partial charge in [-0.2, -0.15) is 4.99 Å². The molecule has 0 heterocycles. The lowest BCUT2D eigenvalue weighted by molar-refractivity contribution is -0.445. The molecule has 0 atom stereocenters. The first kappa shape index (κ1) is 17.5. The molecule has 108 valence electrons. The van der Waals surface area contributed by atoms with Crippen LogP contribution in [0.4, 0.5) is 5.69 Å². The summed E-state index contributed by atoms with van der Waals surface area (Å²) in [6.45, 7) is 0. The first-order valence-corrected chi connectivity index (χ1v) is 6.80. The highest BCUT2D eigenvalue weighted by atomic mass is 35.6. The van der Waals surface area contributed by atoms with Gasteiger partial charge in [0.25, 0.3) is 9.63 Å². The van der Waals surface area contributed by atoms with Crippen LogP contribution in [0.3, 0.4) is 0 Å². The van der Waals surface area contributed by atoms with Crippen LogP contribution in [0.2, 0.25) is 10.0 Å². The molecule has 0 saturated carbocycles. The zero-order valence-corrected chi connectivity index (χ0v) is 13.3. The lowest BCUT2D eigenvalue weighted by Gasteiger charge is -2.11. The Bertz CT molecular complexity index is 583. The minimum Gasteiger partial charge on any atom is -0.558 e. The molecular formula is C10H8Cl5N3O2+2. The quantitative estimate of drug-likeness (QED) is 0.253. The SMILES string of the molecule is N=C(N=C([NH2+]c1ccc(Cl)cc1Cl)C(Cl)(Cl)Cl)C(=O)[OH2+]. The Morgan fingerprint density at radius 2 is 1.90 bits per heavy atom. The number of amidine groups is 2. The molecule has 0 aliphatic rings. The number of rotatable bonds is 1. The fourth-order valence-corrected chi connectivity index (χ4v) is 1.87. The van der Waals surface area contributed by atoms with Crippen LogP contribution in [0.15, 0.2) is 23.2 Å². The number of carbonyl (C=O) groups excluding carboxylic acids is 1. The molecule has 0 saturated heterocycles. The Hall–Kier alpha value is -0.560. The molecule has 0 bridgehead atoms. The van der Waals surface area contributed by atoms with E-state index in [2.05, 4.69) is 4.99 Å². The summed E-state index contributed by atoms with van der Waals surface area (Å²) in [5, 5.41) is 16.0. The molecule has 0 aliphatic heterocycles. The van der Waals surface area contributed by atoms with E-state index in [0.29, 0.717) is 10.7 Å². The van der Waals surface area contributed by atoms with Crippen molar-refractivity contribution in [3.63, 3.8) is 0 Å². The number of alkyl halides is 3. The lowest BCUT2D eigenvalue weighted by atomic mass is 10.3. The van der Waals surface area contributed by atoms with E-state index in [1.54, 1.807) is 12.1 Å². The molecule has 10 heteroatoms. The molecule has 0 fully saturated rings. The fourth-order valence-electron chi connectivity index (χ4n) is 1.11. The Labute approximate surface area is 138 Å². The van der Waals surface area contributed by atoms with E-state index in [1.807, 2.05) is 0 Å². The van der Waals surface area contributed by atoms with Crippen LogP contribution >= 0.6 is 58.0 Å². The maximum Gasteiger partial charge on any atom is 0.586 e.